The number of aromatic nitrogens is 1. The highest BCUT2D eigenvalue weighted by Crippen LogP contribution is 2.22. The fourth-order valence-electron chi connectivity index (χ4n) is 1.86. The minimum Gasteiger partial charge on any atom is -0.366 e. The van der Waals surface area contributed by atoms with Gasteiger partial charge in [-0.2, -0.15) is 10.2 Å². The van der Waals surface area contributed by atoms with Crippen molar-refractivity contribution in [2.75, 3.05) is 5.88 Å². The second-order valence-corrected chi connectivity index (χ2v) is 5.05. The summed E-state index contributed by atoms with van der Waals surface area (Å²) in [5, 5.41) is 9.80. The lowest BCUT2D eigenvalue weighted by Crippen LogP contribution is -2.43. The molecule has 25 heavy (non-hydrogen) atoms. The molecule has 0 spiro atoms. The number of carbonyl (C=O) groups excluding carboxylic acids is 3. The summed E-state index contributed by atoms with van der Waals surface area (Å²) >= 11 is 5.36. The number of carbonyl (C=O) groups is 3. The van der Waals surface area contributed by atoms with Crippen molar-refractivity contribution >= 4 is 34.9 Å². The average Bonchev–Trinajstić information content (AvgIpc) is 2.65. The second kappa shape index (κ2) is 8.65. The molecule has 3 N–H and O–H groups in total. The van der Waals surface area contributed by atoms with Crippen LogP contribution in [0, 0.1) is 0 Å². The number of halogens is 1. The SMILES string of the molecule is NC(=O)C(/N=N/c1ccccc1C(=O)c1ccccn1)NC(=O)CCl. The van der Waals surface area contributed by atoms with Crippen molar-refractivity contribution in [1.29, 1.82) is 0 Å². The standard InChI is InChI=1S/C16H14ClN5O3/c17-9-13(23)20-16(15(18)25)22-21-11-6-2-1-5-10(11)14(24)12-7-3-4-8-19-12/h1-8,16H,9H2,(H2,18,25)(H,20,23)/b22-21+. The molecule has 2 amide bonds. The molecule has 9 heteroatoms. The van der Waals surface area contributed by atoms with Gasteiger partial charge >= 0.3 is 0 Å². The summed E-state index contributed by atoms with van der Waals surface area (Å²) in [4.78, 5) is 39.2. The molecule has 1 unspecified atom stereocenters. The van der Waals surface area contributed by atoms with E-state index in [-0.39, 0.29) is 28.6 Å². The highest BCUT2D eigenvalue weighted by molar-refractivity contribution is 6.27. The van der Waals surface area contributed by atoms with Crippen molar-refractivity contribution in [3.8, 4) is 0 Å². The Balaban J connectivity index is 2.29. The number of benzene rings is 1. The van der Waals surface area contributed by atoms with Gasteiger partial charge in [0.25, 0.3) is 5.91 Å². The molecule has 0 fully saturated rings. The predicted octanol–water partition coefficient (Wildman–Crippen LogP) is 1.56. The van der Waals surface area contributed by atoms with Crippen LogP contribution in [0.4, 0.5) is 5.69 Å². The van der Waals surface area contributed by atoms with Crippen LogP contribution >= 0.6 is 11.6 Å². The molecule has 2 rings (SSSR count). The Morgan fingerprint density at radius 1 is 1.16 bits per heavy atom. The highest BCUT2D eigenvalue weighted by atomic mass is 35.5. The van der Waals surface area contributed by atoms with E-state index in [2.05, 4.69) is 20.5 Å². The predicted molar refractivity (Wildman–Crippen MR) is 90.5 cm³/mol. The van der Waals surface area contributed by atoms with E-state index in [0.29, 0.717) is 0 Å². The number of nitrogens with zero attached hydrogens (tertiary/aromatic N) is 3. The number of primary amides is 1. The van der Waals surface area contributed by atoms with Gasteiger partial charge in [-0.05, 0) is 24.3 Å². The van der Waals surface area contributed by atoms with Gasteiger partial charge < -0.3 is 11.1 Å². The molecule has 2 aromatic rings. The topological polar surface area (TPSA) is 127 Å². The van der Waals surface area contributed by atoms with Gasteiger partial charge in [-0.1, -0.05) is 18.2 Å². The van der Waals surface area contributed by atoms with E-state index in [4.69, 9.17) is 17.3 Å². The number of hydrogen-bond donors (Lipinski definition) is 2. The first kappa shape index (κ1) is 18.2. The smallest absolute Gasteiger partial charge is 0.264 e. The van der Waals surface area contributed by atoms with Crippen LogP contribution in [0.15, 0.2) is 58.9 Å². The van der Waals surface area contributed by atoms with Crippen LogP contribution in [0.1, 0.15) is 16.1 Å². The van der Waals surface area contributed by atoms with Gasteiger partial charge in [0.05, 0.1) is 11.3 Å². The Morgan fingerprint density at radius 2 is 1.88 bits per heavy atom. The van der Waals surface area contributed by atoms with Crippen LogP contribution in [0.3, 0.4) is 0 Å². The van der Waals surface area contributed by atoms with Crippen LogP contribution in [-0.4, -0.2) is 34.6 Å². The van der Waals surface area contributed by atoms with E-state index in [9.17, 15) is 14.4 Å². The molecule has 1 heterocycles. The Kier molecular flexibility index (Phi) is 6.30. The highest BCUT2D eigenvalue weighted by Gasteiger charge is 2.18. The van der Waals surface area contributed by atoms with Crippen LogP contribution < -0.4 is 11.1 Å². The number of rotatable bonds is 7. The number of nitrogens with one attached hydrogen (secondary N) is 1. The first-order valence-corrected chi connectivity index (χ1v) is 7.66. The van der Waals surface area contributed by atoms with E-state index in [0.717, 1.165) is 0 Å². The molecule has 128 valence electrons. The number of alkyl halides is 1. The first-order valence-electron chi connectivity index (χ1n) is 7.13. The number of nitrogens with two attached hydrogens (primary N) is 1. The number of pyridine rings is 1. The normalized spacial score (nSPS) is 11.9. The molecule has 1 atom stereocenters. The lowest BCUT2D eigenvalue weighted by molar-refractivity contribution is -0.125. The summed E-state index contributed by atoms with van der Waals surface area (Å²) in [5.41, 5.74) is 5.87. The summed E-state index contributed by atoms with van der Waals surface area (Å²) in [6, 6.07) is 11.4. The summed E-state index contributed by atoms with van der Waals surface area (Å²) < 4.78 is 0. The third kappa shape index (κ3) is 4.92. The quantitative estimate of drug-likeness (QED) is 0.441. The monoisotopic (exact) mass is 359 g/mol. The van der Waals surface area contributed by atoms with Crippen molar-refractivity contribution in [2.24, 2.45) is 16.0 Å². The van der Waals surface area contributed by atoms with Gasteiger partial charge in [0.15, 0.2) is 0 Å². The van der Waals surface area contributed by atoms with Crippen molar-refractivity contribution in [2.45, 2.75) is 6.17 Å². The molecule has 0 bridgehead atoms. The van der Waals surface area contributed by atoms with E-state index < -0.39 is 18.0 Å². The third-order valence-corrected chi connectivity index (χ3v) is 3.26. The van der Waals surface area contributed by atoms with E-state index >= 15 is 0 Å². The lowest BCUT2D eigenvalue weighted by atomic mass is 10.1. The maximum absolute atomic E-state index is 12.5. The van der Waals surface area contributed by atoms with Gasteiger partial charge in [-0.15, -0.1) is 11.6 Å². The molecule has 0 aliphatic rings. The number of azo groups is 1. The van der Waals surface area contributed by atoms with E-state index in [1.807, 2.05) is 0 Å². The second-order valence-electron chi connectivity index (χ2n) is 4.78. The first-order chi connectivity index (χ1) is 12.0. The van der Waals surface area contributed by atoms with E-state index in [1.54, 1.807) is 42.5 Å². The molecule has 1 aromatic carbocycles. The van der Waals surface area contributed by atoms with Gasteiger partial charge in [-0.3, -0.25) is 19.4 Å². The van der Waals surface area contributed by atoms with Gasteiger partial charge in [0.1, 0.15) is 11.6 Å². The van der Waals surface area contributed by atoms with Crippen LogP contribution in [0.5, 0.6) is 0 Å². The van der Waals surface area contributed by atoms with Gasteiger partial charge in [0.2, 0.25) is 17.9 Å². The summed E-state index contributed by atoms with van der Waals surface area (Å²) in [6.07, 6.45) is 0.117. The van der Waals surface area contributed by atoms with Crippen molar-refractivity contribution in [3.63, 3.8) is 0 Å². The molecule has 0 radical (unpaired) electrons. The summed E-state index contributed by atoms with van der Waals surface area (Å²) in [6.45, 7) is 0. The Hall–Kier alpha value is -3.13. The Bertz CT molecular complexity index is 810. The third-order valence-electron chi connectivity index (χ3n) is 3.02. The number of ketones is 1. The van der Waals surface area contributed by atoms with E-state index in [1.165, 1.54) is 6.20 Å². The maximum atomic E-state index is 12.5. The minimum atomic E-state index is -1.38. The molecule has 8 nitrogen and oxygen atoms in total. The number of amides is 2. The Labute approximate surface area is 148 Å². The van der Waals surface area contributed by atoms with Crippen molar-refractivity contribution < 1.29 is 14.4 Å². The summed E-state index contributed by atoms with van der Waals surface area (Å²) in [7, 11) is 0. The zero-order valence-electron chi connectivity index (χ0n) is 12.9. The Morgan fingerprint density at radius 3 is 2.52 bits per heavy atom. The molecule has 0 aliphatic carbocycles. The van der Waals surface area contributed by atoms with Crippen LogP contribution in [-0.2, 0) is 9.59 Å². The van der Waals surface area contributed by atoms with Crippen molar-refractivity contribution in [3.05, 3.63) is 59.9 Å². The summed E-state index contributed by atoms with van der Waals surface area (Å²) in [5.74, 6) is -2.23. The number of hydrogen-bond acceptors (Lipinski definition) is 6. The molecule has 0 aliphatic heterocycles. The largest absolute Gasteiger partial charge is 0.366 e. The average molecular weight is 360 g/mol. The zero-order chi connectivity index (χ0) is 18.2. The maximum Gasteiger partial charge on any atom is 0.264 e. The minimum absolute atomic E-state index is 0.213. The van der Waals surface area contributed by atoms with Gasteiger partial charge in [0, 0.05) is 6.20 Å². The van der Waals surface area contributed by atoms with Crippen LogP contribution in [0.2, 0.25) is 0 Å². The zero-order valence-corrected chi connectivity index (χ0v) is 13.7. The van der Waals surface area contributed by atoms with Crippen molar-refractivity contribution in [1.82, 2.24) is 10.3 Å². The molecule has 0 saturated carbocycles. The molecule has 1 aromatic heterocycles. The van der Waals surface area contributed by atoms with Gasteiger partial charge in [-0.25, -0.2) is 0 Å². The fraction of sp³-hybridized carbons (Fsp3) is 0.125. The molecular formula is C16H14ClN5O3. The fourth-order valence-corrected chi connectivity index (χ4v) is 1.93. The molecule has 0 saturated heterocycles. The molecular weight excluding hydrogens is 346 g/mol. The van der Waals surface area contributed by atoms with Crippen LogP contribution in [0.25, 0.3) is 0 Å². The lowest BCUT2D eigenvalue weighted by Gasteiger charge is -2.09.